The van der Waals surface area contributed by atoms with Gasteiger partial charge in [-0.1, -0.05) is 36.4 Å². The Labute approximate surface area is 167 Å². The molecular formula is C23H30N3O2+. The molecule has 2 atom stereocenters. The van der Waals surface area contributed by atoms with Gasteiger partial charge in [0.25, 0.3) is 11.8 Å². The van der Waals surface area contributed by atoms with Crippen molar-refractivity contribution < 1.29 is 14.5 Å². The Morgan fingerprint density at radius 2 is 1.86 bits per heavy atom. The molecule has 5 nitrogen and oxygen atoms in total. The van der Waals surface area contributed by atoms with Crippen LogP contribution < -0.4 is 10.2 Å². The van der Waals surface area contributed by atoms with Gasteiger partial charge in [-0.25, -0.2) is 0 Å². The van der Waals surface area contributed by atoms with Crippen molar-refractivity contribution >= 4 is 11.8 Å². The first-order valence-electron chi connectivity index (χ1n) is 9.95. The van der Waals surface area contributed by atoms with E-state index in [0.29, 0.717) is 12.1 Å². The molecule has 5 heteroatoms. The zero-order valence-corrected chi connectivity index (χ0v) is 17.0. The van der Waals surface area contributed by atoms with Crippen molar-refractivity contribution in [3.05, 3.63) is 70.8 Å². The molecule has 0 saturated carbocycles. The van der Waals surface area contributed by atoms with Crippen LogP contribution in [-0.4, -0.2) is 44.4 Å². The van der Waals surface area contributed by atoms with Gasteiger partial charge in [-0.15, -0.1) is 0 Å². The molecule has 1 aliphatic carbocycles. The van der Waals surface area contributed by atoms with Crippen molar-refractivity contribution in [1.29, 1.82) is 0 Å². The van der Waals surface area contributed by atoms with Gasteiger partial charge in [0.2, 0.25) is 0 Å². The normalized spacial score (nSPS) is 16.8. The molecule has 2 amide bonds. The quantitative estimate of drug-likeness (QED) is 0.800. The number of nitrogens with zero attached hydrogens (tertiary/aromatic N) is 1. The number of aryl methyl sites for hydroxylation is 1. The maximum Gasteiger partial charge on any atom is 0.278 e. The first-order chi connectivity index (χ1) is 13.5. The van der Waals surface area contributed by atoms with Crippen LogP contribution in [0.25, 0.3) is 0 Å². The van der Waals surface area contributed by atoms with Gasteiger partial charge in [0.1, 0.15) is 6.54 Å². The Morgan fingerprint density at radius 3 is 2.57 bits per heavy atom. The van der Waals surface area contributed by atoms with Crippen molar-refractivity contribution in [1.82, 2.24) is 10.2 Å². The van der Waals surface area contributed by atoms with E-state index in [9.17, 15) is 9.59 Å². The highest BCUT2D eigenvalue weighted by atomic mass is 16.2. The van der Waals surface area contributed by atoms with Gasteiger partial charge >= 0.3 is 0 Å². The lowest BCUT2D eigenvalue weighted by molar-refractivity contribution is -0.885. The molecule has 0 aliphatic heterocycles. The summed E-state index contributed by atoms with van der Waals surface area (Å²) in [7, 11) is 5.59. The minimum Gasteiger partial charge on any atom is -0.355 e. The number of benzene rings is 2. The molecule has 2 aromatic carbocycles. The van der Waals surface area contributed by atoms with Crippen molar-refractivity contribution in [2.45, 2.75) is 31.8 Å². The standard InChI is InChI=1S/C23H29N3O2/c1-24-23(28)19-13-11-17(12-14-19)15-25(2)16-22(27)26(3)21-10-6-8-18-7-4-5-9-20(18)21/h4-5,7,9,11-14,21H,6,8,10,15-16H2,1-3H3,(H,24,28)/p+1/t21-/m1/s1. The third-order valence-electron chi connectivity index (χ3n) is 5.60. The third kappa shape index (κ3) is 4.60. The lowest BCUT2D eigenvalue weighted by Gasteiger charge is -2.33. The maximum atomic E-state index is 12.9. The van der Waals surface area contributed by atoms with E-state index in [1.807, 2.05) is 43.3 Å². The molecule has 28 heavy (non-hydrogen) atoms. The Morgan fingerprint density at radius 1 is 1.14 bits per heavy atom. The van der Waals surface area contributed by atoms with E-state index < -0.39 is 0 Å². The molecule has 1 aliphatic rings. The number of carbonyl (C=O) groups is 2. The van der Waals surface area contributed by atoms with Crippen LogP contribution in [0.3, 0.4) is 0 Å². The molecule has 0 fully saturated rings. The molecular weight excluding hydrogens is 350 g/mol. The van der Waals surface area contributed by atoms with Crippen LogP contribution in [0, 0.1) is 0 Å². The number of quaternary nitrogens is 1. The molecule has 3 rings (SSSR count). The molecule has 0 radical (unpaired) electrons. The topological polar surface area (TPSA) is 53.9 Å². The number of likely N-dealkylation sites (N-methyl/N-ethyl adjacent to an activating group) is 2. The molecule has 2 aromatic rings. The summed E-state index contributed by atoms with van der Waals surface area (Å²) in [4.78, 5) is 27.6. The average Bonchev–Trinajstić information content (AvgIpc) is 2.72. The number of hydrogen-bond acceptors (Lipinski definition) is 2. The van der Waals surface area contributed by atoms with Crippen molar-refractivity contribution in [2.24, 2.45) is 0 Å². The molecule has 0 heterocycles. The summed E-state index contributed by atoms with van der Waals surface area (Å²) in [5, 5.41) is 2.62. The second kappa shape index (κ2) is 9.02. The Bertz CT molecular complexity index is 832. The summed E-state index contributed by atoms with van der Waals surface area (Å²) >= 11 is 0. The van der Waals surface area contributed by atoms with Gasteiger partial charge < -0.3 is 15.1 Å². The number of fused-ring (bicyclic) bond motifs is 1. The fraction of sp³-hybridized carbons (Fsp3) is 0.391. The number of nitrogens with one attached hydrogen (secondary N) is 2. The van der Waals surface area contributed by atoms with E-state index in [2.05, 4.69) is 29.6 Å². The Balaban J connectivity index is 1.59. The molecule has 0 bridgehead atoms. The summed E-state index contributed by atoms with van der Waals surface area (Å²) in [5.41, 5.74) is 4.43. The predicted molar refractivity (Wildman–Crippen MR) is 110 cm³/mol. The predicted octanol–water partition coefficient (Wildman–Crippen LogP) is 1.60. The lowest BCUT2D eigenvalue weighted by atomic mass is 9.87. The first-order valence-corrected chi connectivity index (χ1v) is 9.95. The SMILES string of the molecule is CNC(=O)c1ccc(C[NH+](C)CC(=O)N(C)[C@@H]2CCCc3ccccc32)cc1. The summed E-state index contributed by atoms with van der Waals surface area (Å²) < 4.78 is 0. The highest BCUT2D eigenvalue weighted by Gasteiger charge is 2.27. The van der Waals surface area contributed by atoms with Gasteiger partial charge in [0.15, 0.2) is 6.54 Å². The summed E-state index contributed by atoms with van der Waals surface area (Å²) in [6.07, 6.45) is 3.25. The van der Waals surface area contributed by atoms with E-state index in [1.54, 1.807) is 7.05 Å². The van der Waals surface area contributed by atoms with E-state index in [-0.39, 0.29) is 17.9 Å². The van der Waals surface area contributed by atoms with E-state index in [1.165, 1.54) is 11.1 Å². The molecule has 0 aromatic heterocycles. The van der Waals surface area contributed by atoms with Gasteiger partial charge in [-0.05, 0) is 42.5 Å². The smallest absolute Gasteiger partial charge is 0.278 e. The molecule has 0 saturated heterocycles. The van der Waals surface area contributed by atoms with Crippen LogP contribution in [0.1, 0.15) is 45.9 Å². The number of rotatable bonds is 6. The van der Waals surface area contributed by atoms with E-state index in [4.69, 9.17) is 0 Å². The highest BCUT2D eigenvalue weighted by Crippen LogP contribution is 2.33. The van der Waals surface area contributed by atoms with Crippen LogP contribution in [-0.2, 0) is 17.8 Å². The zero-order valence-electron chi connectivity index (χ0n) is 17.0. The van der Waals surface area contributed by atoms with Gasteiger partial charge in [0.05, 0.1) is 13.1 Å². The lowest BCUT2D eigenvalue weighted by Crippen LogP contribution is -3.08. The molecule has 0 spiro atoms. The van der Waals surface area contributed by atoms with Crippen molar-refractivity contribution in [3.63, 3.8) is 0 Å². The second-order valence-electron chi connectivity index (χ2n) is 7.70. The Kier molecular flexibility index (Phi) is 6.47. The highest BCUT2D eigenvalue weighted by molar-refractivity contribution is 5.93. The van der Waals surface area contributed by atoms with Crippen LogP contribution in [0.5, 0.6) is 0 Å². The summed E-state index contributed by atoms with van der Waals surface area (Å²) in [6.45, 7) is 1.20. The van der Waals surface area contributed by atoms with Gasteiger partial charge in [-0.2, -0.15) is 0 Å². The van der Waals surface area contributed by atoms with Crippen LogP contribution in [0.4, 0.5) is 0 Å². The van der Waals surface area contributed by atoms with Crippen LogP contribution >= 0.6 is 0 Å². The van der Waals surface area contributed by atoms with Gasteiger partial charge in [-0.3, -0.25) is 9.59 Å². The number of amides is 2. The van der Waals surface area contributed by atoms with Crippen molar-refractivity contribution in [3.8, 4) is 0 Å². The minimum atomic E-state index is -0.0863. The number of hydrogen-bond donors (Lipinski definition) is 2. The fourth-order valence-corrected chi connectivity index (χ4v) is 4.02. The van der Waals surface area contributed by atoms with E-state index >= 15 is 0 Å². The first kappa shape index (κ1) is 20.1. The van der Waals surface area contributed by atoms with Crippen LogP contribution in [0.2, 0.25) is 0 Å². The fourth-order valence-electron chi connectivity index (χ4n) is 4.02. The van der Waals surface area contributed by atoms with Gasteiger partial charge in [0, 0.05) is 25.2 Å². The Hall–Kier alpha value is -2.66. The molecule has 148 valence electrons. The largest absolute Gasteiger partial charge is 0.355 e. The van der Waals surface area contributed by atoms with Crippen molar-refractivity contribution in [2.75, 3.05) is 27.7 Å². The average molecular weight is 381 g/mol. The second-order valence-corrected chi connectivity index (χ2v) is 7.70. The minimum absolute atomic E-state index is 0.0863. The summed E-state index contributed by atoms with van der Waals surface area (Å²) in [5.74, 6) is 0.0815. The zero-order chi connectivity index (χ0) is 20.1. The number of carbonyl (C=O) groups excluding carboxylic acids is 2. The summed E-state index contributed by atoms with van der Waals surface area (Å²) in [6, 6.07) is 16.2. The maximum absolute atomic E-state index is 12.9. The molecule has 2 N–H and O–H groups in total. The monoisotopic (exact) mass is 380 g/mol. The molecule has 1 unspecified atom stereocenters. The third-order valence-corrected chi connectivity index (χ3v) is 5.60. The van der Waals surface area contributed by atoms with Crippen LogP contribution in [0.15, 0.2) is 48.5 Å². The van der Waals surface area contributed by atoms with E-state index in [0.717, 1.165) is 36.3 Å².